The van der Waals surface area contributed by atoms with Crippen LogP contribution in [0.1, 0.15) is 48.5 Å². The number of nitrogens with zero attached hydrogens (tertiary/aromatic N) is 2. The lowest BCUT2D eigenvalue weighted by molar-refractivity contribution is -0.0893. The number of hydrogen-bond donors (Lipinski definition) is 1. The van der Waals surface area contributed by atoms with Gasteiger partial charge in [-0.2, -0.15) is 0 Å². The number of benzene rings is 1. The normalized spacial score (nSPS) is 16.1. The molecule has 2 rings (SSSR count). The predicted molar refractivity (Wildman–Crippen MR) is 115 cm³/mol. The van der Waals surface area contributed by atoms with Crippen LogP contribution in [0.2, 0.25) is 0 Å². The third-order valence-electron chi connectivity index (χ3n) is 5.31. The summed E-state index contributed by atoms with van der Waals surface area (Å²) in [6.45, 7) is 15.8. The van der Waals surface area contributed by atoms with Crippen LogP contribution in [0, 0.1) is 0 Å². The van der Waals surface area contributed by atoms with E-state index in [1.165, 1.54) is 0 Å². The molecule has 1 aliphatic heterocycles. The molecular weight excluding hydrogens is 355 g/mol. The summed E-state index contributed by atoms with van der Waals surface area (Å²) in [5.74, 6) is 0. The summed E-state index contributed by atoms with van der Waals surface area (Å²) in [6, 6.07) is 8.27. The van der Waals surface area contributed by atoms with Crippen LogP contribution < -0.4 is 10.4 Å². The van der Waals surface area contributed by atoms with Gasteiger partial charge in [0.15, 0.2) is 0 Å². The molecule has 156 valence electrons. The van der Waals surface area contributed by atoms with Gasteiger partial charge in [-0.3, -0.25) is 0 Å². The molecule has 0 aromatic heterocycles. The van der Waals surface area contributed by atoms with Gasteiger partial charge < -0.3 is 24.3 Å². The predicted octanol–water partition coefficient (Wildman–Crippen LogP) is 2.29. The van der Waals surface area contributed by atoms with E-state index in [0.29, 0.717) is 20.6 Å². The van der Waals surface area contributed by atoms with E-state index in [9.17, 15) is 9.90 Å². The average Bonchev–Trinajstić information content (AvgIpc) is 2.58. The molecule has 0 atom stereocenters. The first-order chi connectivity index (χ1) is 12.8. The van der Waals surface area contributed by atoms with Gasteiger partial charge in [0.2, 0.25) is 0 Å². The van der Waals surface area contributed by atoms with E-state index >= 15 is 0 Å². The van der Waals surface area contributed by atoms with Crippen LogP contribution in [0.3, 0.4) is 0 Å². The standard InChI is InChI=1S/C21H35BN2O4/c1-19(2,3)27-18(25)24-14-12-23(13-15-24)17-10-8-16(9-11-17)22-28-21(6,7)20(4,5)26/h8-11,22,26H,12-15H2,1-7H3. The Morgan fingerprint density at radius 3 is 1.96 bits per heavy atom. The second-order valence-corrected chi connectivity index (χ2v) is 9.48. The van der Waals surface area contributed by atoms with Crippen LogP contribution in [-0.2, 0) is 9.39 Å². The maximum atomic E-state index is 12.2. The Labute approximate surface area is 170 Å². The third kappa shape index (κ3) is 6.14. The fraction of sp³-hybridized carbons (Fsp3) is 0.667. The smallest absolute Gasteiger partial charge is 0.410 e. The number of rotatable bonds is 5. The van der Waals surface area contributed by atoms with Crippen molar-refractivity contribution < 1.29 is 19.3 Å². The second-order valence-electron chi connectivity index (χ2n) is 9.48. The van der Waals surface area contributed by atoms with Crippen LogP contribution in [0.15, 0.2) is 24.3 Å². The van der Waals surface area contributed by atoms with Crippen LogP contribution in [0.25, 0.3) is 0 Å². The molecule has 1 aromatic carbocycles. The molecule has 7 heteroatoms. The first-order valence-electron chi connectivity index (χ1n) is 9.97. The van der Waals surface area contributed by atoms with E-state index in [0.717, 1.165) is 24.2 Å². The molecule has 28 heavy (non-hydrogen) atoms. The Bertz CT molecular complexity index is 654. The summed E-state index contributed by atoms with van der Waals surface area (Å²) in [7, 11) is 0.448. The number of hydrogen-bond acceptors (Lipinski definition) is 5. The Hall–Kier alpha value is -1.73. The van der Waals surface area contributed by atoms with E-state index in [1.807, 2.05) is 34.6 Å². The van der Waals surface area contributed by atoms with Crippen molar-refractivity contribution in [2.75, 3.05) is 31.1 Å². The van der Waals surface area contributed by atoms with Gasteiger partial charge in [0.1, 0.15) is 5.60 Å². The molecule has 1 fully saturated rings. The molecule has 0 aliphatic carbocycles. The number of carbonyl (C=O) groups is 1. The van der Waals surface area contributed by atoms with Crippen molar-refractivity contribution in [2.45, 2.75) is 65.3 Å². The van der Waals surface area contributed by atoms with Crippen LogP contribution in [-0.4, -0.2) is 66.6 Å². The molecule has 0 bridgehead atoms. The van der Waals surface area contributed by atoms with Crippen molar-refractivity contribution in [2.24, 2.45) is 0 Å². The van der Waals surface area contributed by atoms with E-state index in [2.05, 4.69) is 29.2 Å². The highest BCUT2D eigenvalue weighted by Gasteiger charge is 2.35. The summed E-state index contributed by atoms with van der Waals surface area (Å²) in [4.78, 5) is 16.2. The number of anilines is 1. The van der Waals surface area contributed by atoms with Crippen LogP contribution in [0.4, 0.5) is 10.5 Å². The fourth-order valence-electron chi connectivity index (χ4n) is 2.72. The van der Waals surface area contributed by atoms with Gasteiger partial charge in [0.25, 0.3) is 0 Å². The molecule has 1 saturated heterocycles. The molecule has 1 aliphatic rings. The van der Waals surface area contributed by atoms with Crippen molar-refractivity contribution in [3.8, 4) is 0 Å². The average molecular weight is 390 g/mol. The van der Waals surface area contributed by atoms with Crippen molar-refractivity contribution >= 4 is 24.7 Å². The Balaban J connectivity index is 1.87. The van der Waals surface area contributed by atoms with Gasteiger partial charge in [0.05, 0.1) is 11.2 Å². The van der Waals surface area contributed by atoms with Crippen molar-refractivity contribution in [1.29, 1.82) is 0 Å². The zero-order chi connectivity index (χ0) is 21.2. The zero-order valence-electron chi connectivity index (χ0n) is 18.4. The van der Waals surface area contributed by atoms with Crippen molar-refractivity contribution in [3.63, 3.8) is 0 Å². The van der Waals surface area contributed by atoms with Crippen LogP contribution in [0.5, 0.6) is 0 Å². The summed E-state index contributed by atoms with van der Waals surface area (Å²) in [6.07, 6.45) is -0.242. The molecule has 0 radical (unpaired) electrons. The molecule has 0 unspecified atom stereocenters. The van der Waals surface area contributed by atoms with Gasteiger partial charge in [-0.25, -0.2) is 4.79 Å². The number of aliphatic hydroxyl groups is 1. The molecule has 1 amide bonds. The SMILES string of the molecule is CC(C)(C)OC(=O)N1CCN(c2ccc(BOC(C)(C)C(C)(C)O)cc2)CC1. The van der Waals surface area contributed by atoms with Crippen LogP contribution >= 0.6 is 0 Å². The maximum Gasteiger partial charge on any atom is 0.410 e. The fourth-order valence-corrected chi connectivity index (χ4v) is 2.72. The number of amides is 1. The topological polar surface area (TPSA) is 62.2 Å². The highest BCUT2D eigenvalue weighted by atomic mass is 16.6. The summed E-state index contributed by atoms with van der Waals surface area (Å²) >= 11 is 0. The first kappa shape index (κ1) is 22.6. The molecular formula is C21H35BN2O4. The number of piperazine rings is 1. The maximum absolute atomic E-state index is 12.2. The van der Waals surface area contributed by atoms with Gasteiger partial charge in [-0.05, 0) is 60.6 Å². The molecule has 1 heterocycles. The highest BCUT2D eigenvalue weighted by molar-refractivity contribution is 6.47. The van der Waals surface area contributed by atoms with E-state index in [4.69, 9.17) is 9.39 Å². The molecule has 0 saturated carbocycles. The van der Waals surface area contributed by atoms with E-state index in [-0.39, 0.29) is 6.09 Å². The number of carbonyl (C=O) groups excluding carboxylic acids is 1. The molecule has 1 aromatic rings. The Kier molecular flexibility index (Phi) is 6.72. The third-order valence-corrected chi connectivity index (χ3v) is 5.31. The lowest BCUT2D eigenvalue weighted by atomic mass is 9.82. The van der Waals surface area contributed by atoms with Gasteiger partial charge >= 0.3 is 13.6 Å². The summed E-state index contributed by atoms with van der Waals surface area (Å²) in [5, 5.41) is 10.2. The molecule has 0 spiro atoms. The monoisotopic (exact) mass is 390 g/mol. The lowest BCUT2D eigenvalue weighted by Crippen LogP contribution is -2.50. The quantitative estimate of drug-likeness (QED) is 0.782. The first-order valence-corrected chi connectivity index (χ1v) is 9.97. The lowest BCUT2D eigenvalue weighted by Gasteiger charge is -2.38. The van der Waals surface area contributed by atoms with E-state index < -0.39 is 16.8 Å². The van der Waals surface area contributed by atoms with E-state index in [1.54, 1.807) is 18.7 Å². The summed E-state index contributed by atoms with van der Waals surface area (Å²) < 4.78 is 11.4. The minimum Gasteiger partial charge on any atom is -0.444 e. The molecule has 1 N–H and O–H groups in total. The summed E-state index contributed by atoms with van der Waals surface area (Å²) in [5.41, 5.74) is 0.180. The largest absolute Gasteiger partial charge is 0.444 e. The van der Waals surface area contributed by atoms with Gasteiger partial charge in [-0.15, -0.1) is 0 Å². The molecule has 6 nitrogen and oxygen atoms in total. The highest BCUT2D eigenvalue weighted by Crippen LogP contribution is 2.24. The van der Waals surface area contributed by atoms with Gasteiger partial charge in [-0.1, -0.05) is 17.6 Å². The Morgan fingerprint density at radius 1 is 0.964 bits per heavy atom. The van der Waals surface area contributed by atoms with Crippen molar-refractivity contribution in [1.82, 2.24) is 4.90 Å². The zero-order valence-corrected chi connectivity index (χ0v) is 18.4. The minimum absolute atomic E-state index is 0.242. The van der Waals surface area contributed by atoms with Gasteiger partial charge in [0, 0.05) is 31.9 Å². The second kappa shape index (κ2) is 8.33. The Morgan fingerprint density at radius 2 is 1.50 bits per heavy atom. The van der Waals surface area contributed by atoms with Crippen molar-refractivity contribution in [3.05, 3.63) is 24.3 Å². The minimum atomic E-state index is -0.916. The number of ether oxygens (including phenoxy) is 1.